The highest BCUT2D eigenvalue weighted by molar-refractivity contribution is 5.60. The van der Waals surface area contributed by atoms with Gasteiger partial charge in [-0.3, -0.25) is 4.98 Å². The van der Waals surface area contributed by atoms with Crippen LogP contribution in [0.5, 0.6) is 5.88 Å². The number of nitrogens with zero attached hydrogens (tertiary/aromatic N) is 3. The van der Waals surface area contributed by atoms with Crippen LogP contribution in [-0.4, -0.2) is 29.1 Å². The molecular formula is C11H12N4O. The van der Waals surface area contributed by atoms with E-state index in [1.807, 2.05) is 12.1 Å². The maximum atomic E-state index is 5.06. The molecule has 0 aromatic carbocycles. The number of anilines is 1. The van der Waals surface area contributed by atoms with Crippen LogP contribution in [0.3, 0.4) is 0 Å². The van der Waals surface area contributed by atoms with Crippen molar-refractivity contribution >= 4 is 5.82 Å². The van der Waals surface area contributed by atoms with Crippen molar-refractivity contribution in [3.63, 3.8) is 0 Å². The van der Waals surface area contributed by atoms with Crippen molar-refractivity contribution in [3.05, 3.63) is 30.7 Å². The second kappa shape index (κ2) is 4.57. The fraction of sp³-hybridized carbons (Fsp3) is 0.182. The maximum absolute atomic E-state index is 5.06. The van der Waals surface area contributed by atoms with Crippen molar-refractivity contribution in [1.82, 2.24) is 15.0 Å². The number of pyridine rings is 1. The van der Waals surface area contributed by atoms with E-state index >= 15 is 0 Å². The topological polar surface area (TPSA) is 59.9 Å². The Hall–Kier alpha value is -2.17. The van der Waals surface area contributed by atoms with Gasteiger partial charge in [-0.1, -0.05) is 0 Å². The molecule has 0 spiro atoms. The Balaban J connectivity index is 2.41. The smallest absolute Gasteiger partial charge is 0.213 e. The summed E-state index contributed by atoms with van der Waals surface area (Å²) in [5.74, 6) is 1.29. The second-order valence-electron chi connectivity index (χ2n) is 3.13. The lowest BCUT2D eigenvalue weighted by atomic mass is 10.2. The van der Waals surface area contributed by atoms with Crippen molar-refractivity contribution in [3.8, 4) is 17.1 Å². The molecule has 0 unspecified atom stereocenters. The summed E-state index contributed by atoms with van der Waals surface area (Å²) in [7, 11) is 3.39. The molecule has 2 rings (SSSR count). The highest BCUT2D eigenvalue weighted by atomic mass is 16.5. The minimum Gasteiger partial charge on any atom is -0.481 e. The molecule has 0 radical (unpaired) electrons. The molecule has 82 valence electrons. The van der Waals surface area contributed by atoms with Gasteiger partial charge in [-0.15, -0.1) is 0 Å². The number of ether oxygens (including phenoxy) is 1. The lowest BCUT2D eigenvalue weighted by Gasteiger charge is -2.04. The Morgan fingerprint density at radius 1 is 1.31 bits per heavy atom. The van der Waals surface area contributed by atoms with Gasteiger partial charge in [0.25, 0.3) is 0 Å². The van der Waals surface area contributed by atoms with Crippen LogP contribution >= 0.6 is 0 Å². The summed E-state index contributed by atoms with van der Waals surface area (Å²) < 4.78 is 5.06. The minimum absolute atomic E-state index is 0.564. The monoisotopic (exact) mass is 216 g/mol. The molecule has 0 aliphatic carbocycles. The first-order valence-corrected chi connectivity index (χ1v) is 4.83. The average molecular weight is 216 g/mol. The van der Waals surface area contributed by atoms with Gasteiger partial charge in [-0.2, -0.15) is 0 Å². The lowest BCUT2D eigenvalue weighted by molar-refractivity contribution is 0.398. The Morgan fingerprint density at radius 2 is 2.19 bits per heavy atom. The van der Waals surface area contributed by atoms with E-state index in [0.29, 0.717) is 5.88 Å². The van der Waals surface area contributed by atoms with E-state index in [9.17, 15) is 0 Å². The van der Waals surface area contributed by atoms with E-state index in [1.54, 1.807) is 32.7 Å². The Labute approximate surface area is 93.5 Å². The second-order valence-corrected chi connectivity index (χ2v) is 3.13. The molecule has 2 heterocycles. The maximum Gasteiger partial charge on any atom is 0.213 e. The molecule has 0 amide bonds. The standard InChI is InChI=1S/C11H12N4O/c1-12-10-7-13-6-9(15-10)8-3-4-14-11(5-8)16-2/h3-7H,1-2H3,(H,12,15). The van der Waals surface area contributed by atoms with E-state index in [4.69, 9.17) is 4.74 Å². The largest absolute Gasteiger partial charge is 0.481 e. The molecule has 2 aromatic heterocycles. The van der Waals surface area contributed by atoms with Crippen molar-refractivity contribution in [1.29, 1.82) is 0 Å². The van der Waals surface area contributed by atoms with Crippen LogP contribution < -0.4 is 10.1 Å². The molecule has 0 atom stereocenters. The molecule has 0 saturated carbocycles. The summed E-state index contributed by atoms with van der Waals surface area (Å²) >= 11 is 0. The van der Waals surface area contributed by atoms with Gasteiger partial charge in [0.05, 0.1) is 25.2 Å². The highest BCUT2D eigenvalue weighted by Crippen LogP contribution is 2.20. The SMILES string of the molecule is CNc1cncc(-c2ccnc(OC)c2)n1. The number of hydrogen-bond acceptors (Lipinski definition) is 5. The zero-order valence-electron chi connectivity index (χ0n) is 9.14. The first-order valence-electron chi connectivity index (χ1n) is 4.83. The predicted molar refractivity (Wildman–Crippen MR) is 61.4 cm³/mol. The number of rotatable bonds is 3. The van der Waals surface area contributed by atoms with Crippen molar-refractivity contribution in [2.75, 3.05) is 19.5 Å². The van der Waals surface area contributed by atoms with Crippen molar-refractivity contribution in [2.45, 2.75) is 0 Å². The van der Waals surface area contributed by atoms with E-state index < -0.39 is 0 Å². The fourth-order valence-corrected chi connectivity index (χ4v) is 1.31. The quantitative estimate of drug-likeness (QED) is 0.844. The fourth-order valence-electron chi connectivity index (χ4n) is 1.31. The number of hydrogen-bond donors (Lipinski definition) is 1. The van der Waals surface area contributed by atoms with Crippen LogP contribution in [0, 0.1) is 0 Å². The molecule has 0 fully saturated rings. The lowest BCUT2D eigenvalue weighted by Crippen LogP contribution is -1.95. The number of methoxy groups -OCH3 is 1. The molecule has 0 saturated heterocycles. The summed E-state index contributed by atoms with van der Waals surface area (Å²) in [6.07, 6.45) is 5.05. The average Bonchev–Trinajstić information content (AvgIpc) is 2.39. The summed E-state index contributed by atoms with van der Waals surface area (Å²) in [5, 5.41) is 2.95. The van der Waals surface area contributed by atoms with Crippen LogP contribution in [0.15, 0.2) is 30.7 Å². The van der Waals surface area contributed by atoms with Gasteiger partial charge in [0.1, 0.15) is 5.82 Å². The van der Waals surface area contributed by atoms with Crippen LogP contribution in [0.4, 0.5) is 5.82 Å². The Morgan fingerprint density at radius 3 is 2.94 bits per heavy atom. The normalized spacial score (nSPS) is 9.88. The van der Waals surface area contributed by atoms with E-state index in [0.717, 1.165) is 17.1 Å². The van der Waals surface area contributed by atoms with E-state index in [2.05, 4.69) is 20.3 Å². The first-order chi connectivity index (χ1) is 7.83. The van der Waals surface area contributed by atoms with Gasteiger partial charge >= 0.3 is 0 Å². The summed E-state index contributed by atoms with van der Waals surface area (Å²) in [6, 6.07) is 3.69. The molecule has 0 aliphatic heterocycles. The number of nitrogens with one attached hydrogen (secondary N) is 1. The van der Waals surface area contributed by atoms with Crippen LogP contribution in [0.25, 0.3) is 11.3 Å². The molecule has 0 aliphatic rings. The summed E-state index contributed by atoms with van der Waals surface area (Å²) in [5.41, 5.74) is 1.71. The zero-order chi connectivity index (χ0) is 11.4. The third kappa shape index (κ3) is 2.08. The number of aromatic nitrogens is 3. The Kier molecular flexibility index (Phi) is 2.95. The van der Waals surface area contributed by atoms with E-state index in [1.165, 1.54) is 0 Å². The third-order valence-corrected chi connectivity index (χ3v) is 2.13. The van der Waals surface area contributed by atoms with Crippen LogP contribution in [0.2, 0.25) is 0 Å². The molecule has 1 N–H and O–H groups in total. The van der Waals surface area contributed by atoms with Gasteiger partial charge in [-0.05, 0) is 6.07 Å². The highest BCUT2D eigenvalue weighted by Gasteiger charge is 2.03. The van der Waals surface area contributed by atoms with Crippen LogP contribution in [0.1, 0.15) is 0 Å². The van der Waals surface area contributed by atoms with Crippen molar-refractivity contribution < 1.29 is 4.74 Å². The van der Waals surface area contributed by atoms with Gasteiger partial charge in [0.2, 0.25) is 5.88 Å². The van der Waals surface area contributed by atoms with Gasteiger partial charge in [-0.25, -0.2) is 9.97 Å². The van der Waals surface area contributed by atoms with Crippen molar-refractivity contribution in [2.24, 2.45) is 0 Å². The van der Waals surface area contributed by atoms with Crippen LogP contribution in [-0.2, 0) is 0 Å². The minimum atomic E-state index is 0.564. The van der Waals surface area contributed by atoms with Gasteiger partial charge in [0.15, 0.2) is 0 Å². The third-order valence-electron chi connectivity index (χ3n) is 2.13. The van der Waals surface area contributed by atoms with E-state index in [-0.39, 0.29) is 0 Å². The van der Waals surface area contributed by atoms with Gasteiger partial charge in [0, 0.05) is 24.9 Å². The summed E-state index contributed by atoms with van der Waals surface area (Å²) in [6.45, 7) is 0. The molecule has 5 heteroatoms. The molecule has 0 bridgehead atoms. The Bertz CT molecular complexity index is 441. The first kappa shape index (κ1) is 10.4. The zero-order valence-corrected chi connectivity index (χ0v) is 9.14. The molecule has 2 aromatic rings. The molecule has 5 nitrogen and oxygen atoms in total. The van der Waals surface area contributed by atoms with Gasteiger partial charge < -0.3 is 10.1 Å². The molecular weight excluding hydrogens is 204 g/mol. The predicted octanol–water partition coefficient (Wildman–Crippen LogP) is 1.59. The summed E-state index contributed by atoms with van der Waals surface area (Å²) in [4.78, 5) is 12.5. The molecule has 16 heavy (non-hydrogen) atoms.